The van der Waals surface area contributed by atoms with Gasteiger partial charge < -0.3 is 24.0 Å². The van der Waals surface area contributed by atoms with Crippen molar-refractivity contribution in [1.29, 1.82) is 0 Å². The average molecular weight is 412 g/mol. The maximum absolute atomic E-state index is 13.6. The summed E-state index contributed by atoms with van der Waals surface area (Å²) in [7, 11) is 3.53. The number of carbonyl (C=O) groups excluding carboxylic acids is 2. The minimum Gasteiger partial charge on any atom is -0.454 e. The maximum Gasteiger partial charge on any atom is 0.255 e. The number of fused-ring (bicyclic) bond motifs is 2. The second-order valence-corrected chi connectivity index (χ2v) is 9.10. The fraction of sp³-hybridized carbons (Fsp3) is 0.565. The summed E-state index contributed by atoms with van der Waals surface area (Å²) in [6.45, 7) is 4.95. The van der Waals surface area contributed by atoms with Crippen LogP contribution < -0.4 is 9.47 Å². The van der Waals surface area contributed by atoms with Gasteiger partial charge >= 0.3 is 0 Å². The van der Waals surface area contributed by atoms with E-state index in [1.165, 1.54) is 0 Å². The van der Waals surface area contributed by atoms with Crippen molar-refractivity contribution in [2.45, 2.75) is 50.3 Å². The van der Waals surface area contributed by atoms with Gasteiger partial charge in [0.25, 0.3) is 5.91 Å². The fourth-order valence-electron chi connectivity index (χ4n) is 5.53. The molecule has 0 aromatic heterocycles. The zero-order valence-electron chi connectivity index (χ0n) is 17.9. The Hall–Kier alpha value is -2.54. The monoisotopic (exact) mass is 412 g/mol. The van der Waals surface area contributed by atoms with E-state index in [0.717, 1.165) is 12.0 Å². The highest BCUT2D eigenvalue weighted by Gasteiger charge is 2.65. The number of nitrogens with zero attached hydrogens (tertiary/aromatic N) is 2. The van der Waals surface area contributed by atoms with Gasteiger partial charge in [-0.2, -0.15) is 0 Å². The van der Waals surface area contributed by atoms with Crippen LogP contribution in [0, 0.1) is 5.92 Å². The van der Waals surface area contributed by atoms with E-state index in [2.05, 4.69) is 19.9 Å². The first-order valence-electron chi connectivity index (χ1n) is 10.6. The van der Waals surface area contributed by atoms with Crippen molar-refractivity contribution < 1.29 is 23.8 Å². The highest BCUT2D eigenvalue weighted by molar-refractivity contribution is 6.05. The maximum atomic E-state index is 13.6. The van der Waals surface area contributed by atoms with Crippen LogP contribution >= 0.6 is 0 Å². The van der Waals surface area contributed by atoms with Gasteiger partial charge in [-0.05, 0) is 36.5 Å². The lowest BCUT2D eigenvalue weighted by atomic mass is 9.63. The summed E-state index contributed by atoms with van der Waals surface area (Å²) in [6, 6.07) is 3.06. The van der Waals surface area contributed by atoms with Crippen LogP contribution in [0.3, 0.4) is 0 Å². The van der Waals surface area contributed by atoms with Crippen LogP contribution in [0.25, 0.3) is 0 Å². The first-order valence-corrected chi connectivity index (χ1v) is 10.6. The van der Waals surface area contributed by atoms with Crippen molar-refractivity contribution in [3.05, 3.63) is 35.4 Å². The van der Waals surface area contributed by atoms with Crippen LogP contribution in [-0.2, 0) is 14.9 Å². The lowest BCUT2D eigenvalue weighted by molar-refractivity contribution is -0.131. The van der Waals surface area contributed by atoms with Crippen molar-refractivity contribution >= 4 is 11.8 Å². The van der Waals surface area contributed by atoms with E-state index < -0.39 is 11.5 Å². The Morgan fingerprint density at radius 2 is 1.97 bits per heavy atom. The number of carbonyl (C=O) groups is 2. The smallest absolute Gasteiger partial charge is 0.255 e. The Kier molecular flexibility index (Phi) is 4.36. The van der Waals surface area contributed by atoms with Gasteiger partial charge in [0, 0.05) is 32.3 Å². The zero-order valence-corrected chi connectivity index (χ0v) is 17.9. The molecule has 0 bridgehead atoms. The minimum atomic E-state index is -0.623. The molecule has 1 saturated heterocycles. The fourth-order valence-corrected chi connectivity index (χ4v) is 5.53. The molecule has 1 spiro atoms. The molecular weight excluding hydrogens is 384 g/mol. The molecule has 0 unspecified atom stereocenters. The number of methoxy groups -OCH3 is 1. The Bertz CT molecular complexity index is 942. The van der Waals surface area contributed by atoms with Gasteiger partial charge in [0.15, 0.2) is 11.5 Å². The molecule has 1 aromatic carbocycles. The number of hydrogen-bond donors (Lipinski definition) is 0. The molecule has 1 fully saturated rings. The number of rotatable bonds is 4. The predicted octanol–water partition coefficient (Wildman–Crippen LogP) is 2.34. The van der Waals surface area contributed by atoms with Crippen LogP contribution in [0.2, 0.25) is 0 Å². The van der Waals surface area contributed by atoms with Gasteiger partial charge in [-0.1, -0.05) is 26.0 Å². The van der Waals surface area contributed by atoms with Crippen LogP contribution in [-0.4, -0.2) is 67.3 Å². The predicted molar refractivity (Wildman–Crippen MR) is 110 cm³/mol. The largest absolute Gasteiger partial charge is 0.454 e. The van der Waals surface area contributed by atoms with Gasteiger partial charge in [-0.15, -0.1) is 0 Å². The molecule has 4 atom stereocenters. The zero-order chi connectivity index (χ0) is 21.2. The Labute approximate surface area is 176 Å². The van der Waals surface area contributed by atoms with Crippen LogP contribution in [0.5, 0.6) is 11.5 Å². The summed E-state index contributed by atoms with van der Waals surface area (Å²) in [5.41, 5.74) is 0.839. The van der Waals surface area contributed by atoms with Crippen molar-refractivity contribution in [1.82, 2.24) is 9.80 Å². The molecule has 7 nitrogen and oxygen atoms in total. The molecular formula is C23H28N2O5. The third-order valence-corrected chi connectivity index (χ3v) is 7.13. The molecule has 2 amide bonds. The molecule has 0 radical (unpaired) electrons. The third-order valence-electron chi connectivity index (χ3n) is 7.13. The first kappa shape index (κ1) is 19.4. The lowest BCUT2D eigenvalue weighted by Crippen LogP contribution is -2.60. The van der Waals surface area contributed by atoms with Gasteiger partial charge in [-0.3, -0.25) is 9.59 Å². The van der Waals surface area contributed by atoms with Crippen molar-refractivity contribution in [3.8, 4) is 11.5 Å². The highest BCUT2D eigenvalue weighted by atomic mass is 16.7. The number of ether oxygens (including phenoxy) is 3. The van der Waals surface area contributed by atoms with Crippen LogP contribution in [0.1, 0.15) is 42.6 Å². The summed E-state index contributed by atoms with van der Waals surface area (Å²) in [5.74, 6) is 1.53. The van der Waals surface area contributed by atoms with Crippen molar-refractivity contribution in [3.63, 3.8) is 0 Å². The molecule has 7 heteroatoms. The van der Waals surface area contributed by atoms with E-state index in [9.17, 15) is 9.59 Å². The Morgan fingerprint density at radius 3 is 2.67 bits per heavy atom. The molecule has 4 aliphatic rings. The summed E-state index contributed by atoms with van der Waals surface area (Å²) in [5, 5.41) is 0. The van der Waals surface area contributed by atoms with Gasteiger partial charge in [-0.25, -0.2) is 0 Å². The molecule has 0 saturated carbocycles. The summed E-state index contributed by atoms with van der Waals surface area (Å²) in [4.78, 5) is 30.8. The standard InChI is InChI=1S/C23H28N2O5/c1-13(2)6-8-25-20-22(27)24(3)19-9-14(28-4)5-7-23(19,20)16-11-18-17(29-12-30-18)10-15(16)21(25)26/h5,7,10-11,13-14,19-20H,6,8-9,12H2,1-4H3/t14-,19+,20-,23+/m1/s1. The van der Waals surface area contributed by atoms with Gasteiger partial charge in [0.1, 0.15) is 6.04 Å². The number of benzene rings is 1. The Balaban J connectivity index is 1.74. The summed E-state index contributed by atoms with van der Waals surface area (Å²) < 4.78 is 16.8. The molecule has 30 heavy (non-hydrogen) atoms. The third kappa shape index (κ3) is 2.47. The van der Waals surface area contributed by atoms with E-state index in [-0.39, 0.29) is 30.8 Å². The number of amides is 2. The van der Waals surface area contributed by atoms with Crippen molar-refractivity contribution in [2.75, 3.05) is 27.5 Å². The van der Waals surface area contributed by atoms with Crippen LogP contribution in [0.4, 0.5) is 0 Å². The highest BCUT2D eigenvalue weighted by Crippen LogP contribution is 2.54. The number of hydrogen-bond acceptors (Lipinski definition) is 5. The molecule has 5 rings (SSSR count). The average Bonchev–Trinajstić information content (AvgIpc) is 3.28. The topological polar surface area (TPSA) is 68.3 Å². The number of likely N-dealkylation sites (tertiary alicyclic amines) is 1. The molecule has 1 aliphatic carbocycles. The molecule has 160 valence electrons. The summed E-state index contributed by atoms with van der Waals surface area (Å²) >= 11 is 0. The Morgan fingerprint density at radius 1 is 1.23 bits per heavy atom. The van der Waals surface area contributed by atoms with E-state index in [0.29, 0.717) is 35.9 Å². The molecule has 3 heterocycles. The van der Waals surface area contributed by atoms with Crippen LogP contribution in [0.15, 0.2) is 24.3 Å². The number of likely N-dealkylation sites (N-methyl/N-ethyl adjacent to an activating group) is 1. The minimum absolute atomic E-state index is 0.0122. The first-order chi connectivity index (χ1) is 14.4. The molecule has 1 aromatic rings. The SMILES string of the molecule is CO[C@@H]1C=C[C@@]23c4cc5c(cc4C(=O)N(CCC(C)C)[C@@H]2C(=O)N(C)[C@H]3C1)OCO5. The molecule has 0 N–H and O–H groups in total. The van der Waals surface area contributed by atoms with Gasteiger partial charge in [0.05, 0.1) is 11.5 Å². The van der Waals surface area contributed by atoms with E-state index in [4.69, 9.17) is 14.2 Å². The normalized spacial score (nSPS) is 31.3. The quantitative estimate of drug-likeness (QED) is 0.710. The van der Waals surface area contributed by atoms with Gasteiger partial charge in [0.2, 0.25) is 12.7 Å². The second-order valence-electron chi connectivity index (χ2n) is 9.10. The van der Waals surface area contributed by atoms with Crippen molar-refractivity contribution in [2.24, 2.45) is 5.92 Å². The van der Waals surface area contributed by atoms with E-state index in [1.54, 1.807) is 18.1 Å². The summed E-state index contributed by atoms with van der Waals surface area (Å²) in [6.07, 6.45) is 5.61. The lowest BCUT2D eigenvalue weighted by Gasteiger charge is -2.48. The van der Waals surface area contributed by atoms with E-state index in [1.807, 2.05) is 24.1 Å². The molecule has 3 aliphatic heterocycles. The second kappa shape index (κ2) is 6.74. The van der Waals surface area contributed by atoms with E-state index >= 15 is 0 Å².